The molecule has 0 bridgehead atoms. The van der Waals surface area contributed by atoms with Crippen LogP contribution in [0, 0.1) is 6.92 Å². The van der Waals surface area contributed by atoms with Crippen molar-refractivity contribution in [3.63, 3.8) is 0 Å². The average Bonchev–Trinajstić information content (AvgIpc) is 3.02. The Labute approximate surface area is 155 Å². The summed E-state index contributed by atoms with van der Waals surface area (Å²) in [6.45, 7) is 6.40. The smallest absolute Gasteiger partial charge is 0.336 e. The van der Waals surface area contributed by atoms with E-state index < -0.39 is 0 Å². The number of aryl methyl sites for hydroxylation is 1. The van der Waals surface area contributed by atoms with E-state index in [-0.39, 0.29) is 5.63 Å². The number of hydrogen-bond donors (Lipinski definition) is 0. The summed E-state index contributed by atoms with van der Waals surface area (Å²) in [6, 6.07) is 11.5. The molecular formula is C20H19N3O2S. The molecule has 0 unspecified atom stereocenters. The van der Waals surface area contributed by atoms with E-state index in [4.69, 9.17) is 4.42 Å². The van der Waals surface area contributed by atoms with Crippen LogP contribution < -0.4 is 5.63 Å². The number of thioether (sulfide) groups is 1. The predicted octanol–water partition coefficient (Wildman–Crippen LogP) is 4.56. The van der Waals surface area contributed by atoms with Gasteiger partial charge in [0.15, 0.2) is 10.8 Å². The molecule has 4 rings (SSSR count). The van der Waals surface area contributed by atoms with Crippen molar-refractivity contribution in [3.8, 4) is 0 Å². The number of hydrogen-bond acceptors (Lipinski definition) is 5. The zero-order valence-corrected chi connectivity index (χ0v) is 15.7. The number of nitrogens with zero attached hydrogens (tertiary/aromatic N) is 3. The van der Waals surface area contributed by atoms with Gasteiger partial charge in [-0.05, 0) is 53.8 Å². The SMILES string of the molecule is Cc1cc2oc(=O)cc(CSc3nnc4ccccn34)c2cc1C(C)C. The van der Waals surface area contributed by atoms with Crippen molar-refractivity contribution in [1.82, 2.24) is 14.6 Å². The maximum absolute atomic E-state index is 12.0. The average molecular weight is 365 g/mol. The first-order chi connectivity index (χ1) is 12.5. The fourth-order valence-corrected chi connectivity index (χ4v) is 4.11. The van der Waals surface area contributed by atoms with Gasteiger partial charge in [0.05, 0.1) is 0 Å². The first-order valence-corrected chi connectivity index (χ1v) is 9.51. The normalized spacial score (nSPS) is 11.7. The van der Waals surface area contributed by atoms with Crippen molar-refractivity contribution in [2.45, 2.75) is 37.6 Å². The molecule has 0 atom stereocenters. The van der Waals surface area contributed by atoms with Gasteiger partial charge in [-0.15, -0.1) is 10.2 Å². The van der Waals surface area contributed by atoms with E-state index in [1.165, 1.54) is 5.56 Å². The molecular weight excluding hydrogens is 346 g/mol. The fraction of sp³-hybridized carbons (Fsp3) is 0.250. The molecule has 132 valence electrons. The van der Waals surface area contributed by atoms with Gasteiger partial charge in [0.25, 0.3) is 0 Å². The summed E-state index contributed by atoms with van der Waals surface area (Å²) >= 11 is 1.56. The Morgan fingerprint density at radius 3 is 2.85 bits per heavy atom. The van der Waals surface area contributed by atoms with Crippen LogP contribution in [0.5, 0.6) is 0 Å². The third kappa shape index (κ3) is 3.01. The number of benzene rings is 1. The molecule has 26 heavy (non-hydrogen) atoms. The van der Waals surface area contributed by atoms with Crippen LogP contribution in [0.3, 0.4) is 0 Å². The maximum atomic E-state index is 12.0. The maximum Gasteiger partial charge on any atom is 0.336 e. The zero-order valence-electron chi connectivity index (χ0n) is 14.9. The lowest BCUT2D eigenvalue weighted by Crippen LogP contribution is -2.02. The quantitative estimate of drug-likeness (QED) is 0.392. The summed E-state index contributed by atoms with van der Waals surface area (Å²) in [5.74, 6) is 1.03. The molecule has 3 aromatic heterocycles. The molecule has 0 aliphatic carbocycles. The van der Waals surface area contributed by atoms with Crippen LogP contribution >= 0.6 is 11.8 Å². The van der Waals surface area contributed by atoms with Gasteiger partial charge in [-0.2, -0.15) is 0 Å². The van der Waals surface area contributed by atoms with Crippen molar-refractivity contribution in [1.29, 1.82) is 0 Å². The molecule has 0 saturated heterocycles. The van der Waals surface area contributed by atoms with E-state index in [0.717, 1.165) is 27.3 Å². The van der Waals surface area contributed by atoms with Crippen molar-refractivity contribution < 1.29 is 4.42 Å². The monoisotopic (exact) mass is 365 g/mol. The zero-order chi connectivity index (χ0) is 18.3. The number of rotatable bonds is 4. The van der Waals surface area contributed by atoms with Gasteiger partial charge in [-0.25, -0.2) is 4.79 Å². The van der Waals surface area contributed by atoms with Crippen molar-refractivity contribution in [2.75, 3.05) is 0 Å². The van der Waals surface area contributed by atoms with E-state index in [0.29, 0.717) is 17.3 Å². The molecule has 0 aliphatic rings. The second kappa shape index (κ2) is 6.61. The van der Waals surface area contributed by atoms with Gasteiger partial charge >= 0.3 is 5.63 Å². The van der Waals surface area contributed by atoms with E-state index in [1.54, 1.807) is 17.8 Å². The summed E-state index contributed by atoms with van der Waals surface area (Å²) in [5, 5.41) is 10.2. The molecule has 0 N–H and O–H groups in total. The molecule has 0 amide bonds. The van der Waals surface area contributed by atoms with Crippen LogP contribution in [0.15, 0.2) is 57.0 Å². The third-order valence-corrected chi connectivity index (χ3v) is 5.47. The number of pyridine rings is 1. The van der Waals surface area contributed by atoms with Gasteiger partial charge in [0, 0.05) is 23.4 Å². The fourth-order valence-electron chi connectivity index (χ4n) is 3.19. The van der Waals surface area contributed by atoms with Crippen LogP contribution in [-0.4, -0.2) is 14.6 Å². The Bertz CT molecular complexity index is 1160. The van der Waals surface area contributed by atoms with E-state index >= 15 is 0 Å². The minimum atomic E-state index is -0.323. The second-order valence-electron chi connectivity index (χ2n) is 6.65. The highest BCUT2D eigenvalue weighted by Gasteiger charge is 2.13. The van der Waals surface area contributed by atoms with Crippen molar-refractivity contribution in [2.24, 2.45) is 0 Å². The minimum absolute atomic E-state index is 0.323. The molecule has 0 radical (unpaired) electrons. The minimum Gasteiger partial charge on any atom is -0.423 e. The van der Waals surface area contributed by atoms with Gasteiger partial charge in [-0.1, -0.05) is 31.7 Å². The van der Waals surface area contributed by atoms with E-state index in [9.17, 15) is 4.79 Å². The lowest BCUT2D eigenvalue weighted by Gasteiger charge is -2.12. The summed E-state index contributed by atoms with van der Waals surface area (Å²) in [6.07, 6.45) is 1.94. The Balaban J connectivity index is 1.75. The summed E-state index contributed by atoms with van der Waals surface area (Å²) < 4.78 is 7.37. The van der Waals surface area contributed by atoms with Gasteiger partial charge < -0.3 is 4.42 Å². The lowest BCUT2D eigenvalue weighted by molar-refractivity contribution is 0.559. The van der Waals surface area contributed by atoms with E-state index in [2.05, 4.69) is 37.0 Å². The molecule has 6 heteroatoms. The molecule has 0 fully saturated rings. The van der Waals surface area contributed by atoms with Gasteiger partial charge in [0.1, 0.15) is 5.58 Å². The standard InChI is InChI=1S/C20H19N3O2S/c1-12(2)15-10-16-14(9-19(24)25-17(16)8-13(15)3)11-26-20-22-21-18-6-4-5-7-23(18)20/h4-10,12H,11H2,1-3H3. The highest BCUT2D eigenvalue weighted by molar-refractivity contribution is 7.98. The number of aromatic nitrogens is 3. The van der Waals surface area contributed by atoms with Gasteiger partial charge in [-0.3, -0.25) is 4.40 Å². The largest absolute Gasteiger partial charge is 0.423 e. The molecule has 1 aromatic carbocycles. The van der Waals surface area contributed by atoms with Crippen LogP contribution in [0.4, 0.5) is 0 Å². The van der Waals surface area contributed by atoms with Crippen molar-refractivity contribution in [3.05, 3.63) is 69.7 Å². The predicted molar refractivity (Wildman–Crippen MR) is 104 cm³/mol. The molecule has 3 heterocycles. The van der Waals surface area contributed by atoms with E-state index in [1.807, 2.05) is 34.9 Å². The Morgan fingerprint density at radius 2 is 2.04 bits per heavy atom. The van der Waals surface area contributed by atoms with Crippen LogP contribution in [-0.2, 0) is 5.75 Å². The number of fused-ring (bicyclic) bond motifs is 2. The summed E-state index contributed by atoms with van der Waals surface area (Å²) in [7, 11) is 0. The second-order valence-corrected chi connectivity index (χ2v) is 7.59. The van der Waals surface area contributed by atoms with Crippen molar-refractivity contribution >= 4 is 28.4 Å². The Kier molecular flexibility index (Phi) is 4.28. The molecule has 0 saturated carbocycles. The third-order valence-electron chi connectivity index (χ3n) is 4.48. The highest BCUT2D eigenvalue weighted by Crippen LogP contribution is 2.30. The molecule has 5 nitrogen and oxygen atoms in total. The lowest BCUT2D eigenvalue weighted by atomic mass is 9.95. The molecule has 0 spiro atoms. The van der Waals surface area contributed by atoms with Gasteiger partial charge in [0.2, 0.25) is 0 Å². The summed E-state index contributed by atoms with van der Waals surface area (Å²) in [5.41, 5.74) is 4.49. The topological polar surface area (TPSA) is 60.4 Å². The Hall–Kier alpha value is -2.60. The highest BCUT2D eigenvalue weighted by atomic mass is 32.2. The van der Waals surface area contributed by atoms with Crippen LogP contribution in [0.1, 0.15) is 36.5 Å². The first kappa shape index (κ1) is 16.8. The first-order valence-electron chi connectivity index (χ1n) is 8.53. The van der Waals surface area contributed by atoms with Crippen LogP contribution in [0.2, 0.25) is 0 Å². The Morgan fingerprint density at radius 1 is 1.19 bits per heavy atom. The van der Waals surface area contributed by atoms with Crippen LogP contribution in [0.25, 0.3) is 16.6 Å². The molecule has 0 aliphatic heterocycles. The molecule has 4 aromatic rings. The summed E-state index contributed by atoms with van der Waals surface area (Å²) in [4.78, 5) is 12.0.